The van der Waals surface area contributed by atoms with Crippen molar-refractivity contribution >= 4 is 11.6 Å². The molecule has 5 nitrogen and oxygen atoms in total. The topological polar surface area (TPSA) is 51.7 Å². The van der Waals surface area contributed by atoms with Gasteiger partial charge >= 0.3 is 0 Å². The Morgan fingerprint density at radius 2 is 2.25 bits per heavy atom. The number of methoxy groups -OCH3 is 1. The number of nitrogens with zero attached hydrogens (tertiary/aromatic N) is 2. The molecule has 0 atom stereocenters. The molecule has 102 valence electrons. The van der Waals surface area contributed by atoms with Crippen LogP contribution in [-0.4, -0.2) is 31.2 Å². The maximum Gasteiger partial charge on any atom is 0.258 e. The van der Waals surface area contributed by atoms with Crippen molar-refractivity contribution in [3.63, 3.8) is 0 Å². The zero-order valence-corrected chi connectivity index (χ0v) is 11.0. The summed E-state index contributed by atoms with van der Waals surface area (Å²) < 4.78 is 18.3. The summed E-state index contributed by atoms with van der Waals surface area (Å²) in [5.74, 6) is 0.955. The average molecular weight is 271 g/mol. The van der Waals surface area contributed by atoms with Crippen LogP contribution in [0.3, 0.4) is 0 Å². The highest BCUT2D eigenvalue weighted by molar-refractivity contribution is 6.07. The van der Waals surface area contributed by atoms with E-state index in [1.165, 1.54) is 6.20 Å². The molecule has 0 bridgehead atoms. The monoisotopic (exact) mass is 271 g/mol. The first-order valence-corrected chi connectivity index (χ1v) is 6.24. The Labute approximate surface area is 118 Å². The van der Waals surface area contributed by atoms with Gasteiger partial charge in [0.05, 0.1) is 21.2 Å². The molecule has 1 aliphatic rings. The Bertz CT molecular complexity index is 673. The lowest BCUT2D eigenvalue weighted by atomic mass is 10.1. The third kappa shape index (κ3) is 2.18. The number of ether oxygens (including phenoxy) is 2. The first-order chi connectivity index (χ1) is 10.2. The molecule has 2 aromatic rings. The van der Waals surface area contributed by atoms with Crippen LogP contribution in [0.1, 0.15) is 11.7 Å². The largest absolute Gasteiger partial charge is 0.497 e. The molecule has 0 unspecified atom stereocenters. The summed E-state index contributed by atoms with van der Waals surface area (Å²) >= 11 is 0. The van der Waals surface area contributed by atoms with Crippen LogP contribution < -0.4 is 14.4 Å². The summed E-state index contributed by atoms with van der Waals surface area (Å²) in [7, 11) is 1.58. The second-order valence-corrected chi connectivity index (χ2v) is 4.30. The van der Waals surface area contributed by atoms with Gasteiger partial charge in [0.1, 0.15) is 23.8 Å². The first-order valence-electron chi connectivity index (χ1n) is 6.74. The van der Waals surface area contributed by atoms with Gasteiger partial charge in [-0.15, -0.1) is 0 Å². The van der Waals surface area contributed by atoms with Gasteiger partial charge in [-0.05, 0) is 24.3 Å². The predicted molar refractivity (Wildman–Crippen MR) is 74.4 cm³/mol. The highest BCUT2D eigenvalue weighted by Crippen LogP contribution is 2.31. The number of aromatic nitrogens is 1. The Hall–Kier alpha value is -2.56. The molecule has 1 amide bonds. The zero-order valence-electron chi connectivity index (χ0n) is 12.0. The van der Waals surface area contributed by atoms with Crippen LogP contribution in [0.2, 0.25) is 0 Å². The number of carbonyl (C=O) groups is 1. The minimum Gasteiger partial charge on any atom is -0.497 e. The van der Waals surface area contributed by atoms with E-state index in [0.29, 0.717) is 35.9 Å². The third-order valence-corrected chi connectivity index (χ3v) is 3.13. The molecule has 0 saturated heterocycles. The molecule has 0 saturated carbocycles. The molecule has 3 rings (SSSR count). The van der Waals surface area contributed by atoms with Crippen LogP contribution in [0.15, 0.2) is 42.7 Å². The Balaban J connectivity index is 1.94. The molecule has 5 heteroatoms. The van der Waals surface area contributed by atoms with Gasteiger partial charge in [-0.1, -0.05) is 0 Å². The van der Waals surface area contributed by atoms with E-state index < -0.39 is 0 Å². The summed E-state index contributed by atoms with van der Waals surface area (Å²) in [4.78, 5) is 18.2. The molecule has 1 aromatic carbocycles. The average Bonchev–Trinajstić information content (AvgIpc) is 2.54. The summed E-state index contributed by atoms with van der Waals surface area (Å²) in [5, 5.41) is 0. The van der Waals surface area contributed by atoms with Crippen LogP contribution >= 0.6 is 0 Å². The Kier molecular flexibility index (Phi) is 2.94. The van der Waals surface area contributed by atoms with Crippen LogP contribution in [-0.2, 0) is 0 Å². The molecule has 0 aliphatic carbocycles. The summed E-state index contributed by atoms with van der Waals surface area (Å²) in [6, 6.07) is 7.10. The summed E-state index contributed by atoms with van der Waals surface area (Å²) in [6.45, 7) is 0.799. The number of hydrogen-bond acceptors (Lipinski definition) is 4. The number of anilines is 1. The van der Waals surface area contributed by atoms with Crippen molar-refractivity contribution < 1.29 is 15.6 Å². The standard InChI is InChI=1S/C15H14N2O3/c1-19-12-4-2-11(3-5-12)15(18)17-8-9-20-14-6-7-16-10-13(14)17/h2-7,10H,8-9H2,1H3/i6D. The molecule has 20 heavy (non-hydrogen) atoms. The van der Waals surface area contributed by atoms with E-state index in [1.54, 1.807) is 42.5 Å². The Morgan fingerprint density at radius 3 is 3.00 bits per heavy atom. The zero-order chi connectivity index (χ0) is 14.8. The fourth-order valence-electron chi connectivity index (χ4n) is 2.10. The molecule has 1 aromatic heterocycles. The molecule has 0 N–H and O–H groups in total. The van der Waals surface area contributed by atoms with E-state index in [2.05, 4.69) is 4.98 Å². The predicted octanol–water partition coefficient (Wildman–Crippen LogP) is 2.13. The van der Waals surface area contributed by atoms with E-state index in [0.717, 1.165) is 0 Å². The normalized spacial score (nSPS) is 14.1. The maximum absolute atomic E-state index is 12.6. The van der Waals surface area contributed by atoms with Crippen molar-refractivity contribution in [2.45, 2.75) is 0 Å². The van der Waals surface area contributed by atoms with Gasteiger partial charge < -0.3 is 14.4 Å². The van der Waals surface area contributed by atoms with E-state index in [1.807, 2.05) is 0 Å². The van der Waals surface area contributed by atoms with Crippen molar-refractivity contribution in [2.75, 3.05) is 25.2 Å². The van der Waals surface area contributed by atoms with Gasteiger partial charge in [0.15, 0.2) is 0 Å². The molecular weight excluding hydrogens is 256 g/mol. The number of carbonyl (C=O) groups excluding carboxylic acids is 1. The molecule has 1 aliphatic heterocycles. The first kappa shape index (κ1) is 11.3. The number of fused-ring (bicyclic) bond motifs is 1. The van der Waals surface area contributed by atoms with E-state index in [4.69, 9.17) is 10.8 Å². The van der Waals surface area contributed by atoms with Crippen LogP contribution in [0.5, 0.6) is 11.5 Å². The van der Waals surface area contributed by atoms with Crippen LogP contribution in [0, 0.1) is 0 Å². The number of hydrogen-bond donors (Lipinski definition) is 0. The second kappa shape index (κ2) is 5.21. The van der Waals surface area contributed by atoms with Crippen molar-refractivity contribution in [1.82, 2.24) is 4.98 Å². The fourth-order valence-corrected chi connectivity index (χ4v) is 2.10. The molecule has 0 spiro atoms. The van der Waals surface area contributed by atoms with Gasteiger partial charge in [-0.25, -0.2) is 0 Å². The van der Waals surface area contributed by atoms with Gasteiger partial charge in [-0.3, -0.25) is 9.78 Å². The summed E-state index contributed by atoms with van der Waals surface area (Å²) in [5.41, 5.74) is 1.09. The van der Waals surface area contributed by atoms with Gasteiger partial charge in [-0.2, -0.15) is 0 Å². The quantitative estimate of drug-likeness (QED) is 0.839. The molecular formula is C15H14N2O3. The SMILES string of the molecule is [2H]c1cncc2c1OCCN2C(=O)c1ccc(OC)cc1. The number of amides is 1. The molecule has 0 radical (unpaired) electrons. The number of rotatable bonds is 2. The van der Waals surface area contributed by atoms with Gasteiger partial charge in [0.25, 0.3) is 5.91 Å². The summed E-state index contributed by atoms with van der Waals surface area (Å²) in [6.07, 6.45) is 2.95. The van der Waals surface area contributed by atoms with Crippen molar-refractivity contribution in [1.29, 1.82) is 0 Å². The van der Waals surface area contributed by atoms with Gasteiger partial charge in [0.2, 0.25) is 0 Å². The van der Waals surface area contributed by atoms with E-state index in [9.17, 15) is 4.79 Å². The minimum absolute atomic E-state index is 0.144. The van der Waals surface area contributed by atoms with Gasteiger partial charge in [0, 0.05) is 17.8 Å². The lowest BCUT2D eigenvalue weighted by Crippen LogP contribution is -2.38. The van der Waals surface area contributed by atoms with Crippen molar-refractivity contribution in [2.24, 2.45) is 0 Å². The smallest absolute Gasteiger partial charge is 0.258 e. The highest BCUT2D eigenvalue weighted by Gasteiger charge is 2.24. The fraction of sp³-hybridized carbons (Fsp3) is 0.200. The third-order valence-electron chi connectivity index (χ3n) is 3.13. The lowest BCUT2D eigenvalue weighted by molar-refractivity contribution is 0.0976. The highest BCUT2D eigenvalue weighted by atomic mass is 16.5. The van der Waals surface area contributed by atoms with Crippen molar-refractivity contribution in [3.8, 4) is 11.5 Å². The second-order valence-electron chi connectivity index (χ2n) is 4.30. The van der Waals surface area contributed by atoms with Crippen LogP contribution in [0.25, 0.3) is 0 Å². The van der Waals surface area contributed by atoms with E-state index in [-0.39, 0.29) is 11.9 Å². The number of benzene rings is 1. The molecule has 0 fully saturated rings. The molecule has 2 heterocycles. The van der Waals surface area contributed by atoms with E-state index >= 15 is 0 Å². The van der Waals surface area contributed by atoms with Crippen LogP contribution in [0.4, 0.5) is 5.69 Å². The van der Waals surface area contributed by atoms with Crippen molar-refractivity contribution in [3.05, 3.63) is 48.3 Å². The number of pyridine rings is 1. The minimum atomic E-state index is -0.144. The lowest BCUT2D eigenvalue weighted by Gasteiger charge is -2.29. The Morgan fingerprint density at radius 1 is 1.45 bits per heavy atom. The maximum atomic E-state index is 12.6.